The van der Waals surface area contributed by atoms with Crippen molar-refractivity contribution in [3.8, 4) is 56.4 Å². The van der Waals surface area contributed by atoms with Crippen molar-refractivity contribution >= 4 is 63.0 Å². The summed E-state index contributed by atoms with van der Waals surface area (Å²) in [6.45, 7) is 0. The van der Waals surface area contributed by atoms with Crippen molar-refractivity contribution in [2.45, 2.75) is 0 Å². The highest BCUT2D eigenvalue weighted by molar-refractivity contribution is 7.26. The minimum absolute atomic E-state index is 0.650. The molecule has 5 heteroatoms. The number of rotatable bonds is 5. The number of hydrogen-bond donors (Lipinski definition) is 0. The SMILES string of the molecule is c1ccc(-c2nc(-c3ccc(-c4cccc5sc6ccccc6c45)cc3)nc(-c3cccc(-c4cccc5c4sc4ccccc45)c3)n2)cc1. The zero-order valence-corrected chi connectivity index (χ0v) is 28.4. The van der Waals surface area contributed by atoms with E-state index >= 15 is 0 Å². The van der Waals surface area contributed by atoms with Gasteiger partial charge in [-0.05, 0) is 46.5 Å². The molecule has 0 N–H and O–H groups in total. The van der Waals surface area contributed by atoms with Crippen molar-refractivity contribution in [3.05, 3.63) is 164 Å². The molecule has 10 aromatic rings. The van der Waals surface area contributed by atoms with Gasteiger partial charge in [0.2, 0.25) is 0 Å². The van der Waals surface area contributed by atoms with E-state index in [1.165, 1.54) is 57.0 Å². The zero-order valence-electron chi connectivity index (χ0n) is 26.7. The molecular formula is C45H27N3S2. The van der Waals surface area contributed by atoms with Gasteiger partial charge in [-0.3, -0.25) is 0 Å². The third-order valence-corrected chi connectivity index (χ3v) is 11.7. The van der Waals surface area contributed by atoms with Crippen LogP contribution in [0.15, 0.2) is 164 Å². The van der Waals surface area contributed by atoms with E-state index in [9.17, 15) is 0 Å². The minimum Gasteiger partial charge on any atom is -0.208 e. The van der Waals surface area contributed by atoms with Gasteiger partial charge in [-0.15, -0.1) is 22.7 Å². The second-order valence-corrected chi connectivity index (χ2v) is 14.5. The van der Waals surface area contributed by atoms with Crippen molar-refractivity contribution in [1.82, 2.24) is 15.0 Å². The Morgan fingerprint density at radius 2 is 0.840 bits per heavy atom. The first kappa shape index (κ1) is 29.0. The number of thiophene rings is 2. The molecule has 0 radical (unpaired) electrons. The monoisotopic (exact) mass is 673 g/mol. The van der Waals surface area contributed by atoms with Crippen LogP contribution in [0, 0.1) is 0 Å². The molecule has 0 aliphatic heterocycles. The Morgan fingerprint density at radius 3 is 1.64 bits per heavy atom. The van der Waals surface area contributed by atoms with Crippen molar-refractivity contribution in [2.24, 2.45) is 0 Å². The first-order valence-electron chi connectivity index (χ1n) is 16.6. The zero-order chi connectivity index (χ0) is 33.0. The molecule has 3 nitrogen and oxygen atoms in total. The lowest BCUT2D eigenvalue weighted by Crippen LogP contribution is -2.00. The van der Waals surface area contributed by atoms with E-state index in [4.69, 9.17) is 15.0 Å². The van der Waals surface area contributed by atoms with Crippen LogP contribution in [0.4, 0.5) is 0 Å². The van der Waals surface area contributed by atoms with Crippen LogP contribution < -0.4 is 0 Å². The summed E-state index contributed by atoms with van der Waals surface area (Å²) in [5.74, 6) is 1.95. The average molecular weight is 674 g/mol. The molecule has 0 amide bonds. The van der Waals surface area contributed by atoms with Gasteiger partial charge in [0.1, 0.15) is 0 Å². The Balaban J connectivity index is 1.08. The highest BCUT2D eigenvalue weighted by atomic mass is 32.1. The predicted molar refractivity (Wildman–Crippen MR) is 213 cm³/mol. The molecule has 3 aromatic heterocycles. The lowest BCUT2D eigenvalue weighted by atomic mass is 9.98. The smallest absolute Gasteiger partial charge is 0.164 e. The summed E-state index contributed by atoms with van der Waals surface area (Å²) in [5, 5.41) is 5.19. The highest BCUT2D eigenvalue weighted by Crippen LogP contribution is 2.42. The fourth-order valence-electron chi connectivity index (χ4n) is 6.96. The molecule has 234 valence electrons. The molecule has 7 aromatic carbocycles. The number of nitrogens with zero attached hydrogens (tertiary/aromatic N) is 3. The van der Waals surface area contributed by atoms with Crippen molar-refractivity contribution in [1.29, 1.82) is 0 Å². The normalized spacial score (nSPS) is 11.6. The molecule has 0 spiro atoms. The molecular weight excluding hydrogens is 647 g/mol. The molecule has 0 saturated carbocycles. The maximum Gasteiger partial charge on any atom is 0.164 e. The summed E-state index contributed by atoms with van der Waals surface area (Å²) >= 11 is 3.69. The summed E-state index contributed by atoms with van der Waals surface area (Å²) < 4.78 is 5.20. The molecule has 0 atom stereocenters. The van der Waals surface area contributed by atoms with E-state index < -0.39 is 0 Å². The number of hydrogen-bond acceptors (Lipinski definition) is 5. The van der Waals surface area contributed by atoms with Crippen LogP contribution >= 0.6 is 22.7 Å². The average Bonchev–Trinajstić information content (AvgIpc) is 3.77. The summed E-state index contributed by atoms with van der Waals surface area (Å²) in [7, 11) is 0. The van der Waals surface area contributed by atoms with Crippen LogP contribution in [-0.2, 0) is 0 Å². The first-order chi connectivity index (χ1) is 24.8. The first-order valence-corrected chi connectivity index (χ1v) is 18.2. The fourth-order valence-corrected chi connectivity index (χ4v) is 9.34. The molecule has 0 bridgehead atoms. The van der Waals surface area contributed by atoms with E-state index in [2.05, 4.69) is 146 Å². The topological polar surface area (TPSA) is 38.7 Å². The van der Waals surface area contributed by atoms with E-state index in [-0.39, 0.29) is 0 Å². The van der Waals surface area contributed by atoms with Crippen LogP contribution in [0.3, 0.4) is 0 Å². The third-order valence-electron chi connectivity index (χ3n) is 9.36. The Hall–Kier alpha value is -6.01. The van der Waals surface area contributed by atoms with Gasteiger partial charge >= 0.3 is 0 Å². The van der Waals surface area contributed by atoms with Crippen molar-refractivity contribution in [2.75, 3.05) is 0 Å². The van der Waals surface area contributed by atoms with E-state index in [1.54, 1.807) is 0 Å². The standard InChI is InChI=1S/C45H27N3S2/c1-2-11-29(12-3-1)43-46-44(30-25-23-28(24-26-30)33-17-10-22-40-41(33)37-16-5-7-21-39(37)49-40)48-45(47-43)32-14-8-13-31(27-32)34-18-9-19-36-35-15-4-6-20-38(35)50-42(34)36/h1-27H. The molecule has 50 heavy (non-hydrogen) atoms. The summed E-state index contributed by atoms with van der Waals surface area (Å²) in [6, 6.07) is 57.9. The van der Waals surface area contributed by atoms with Gasteiger partial charge in [0.05, 0.1) is 0 Å². The second kappa shape index (κ2) is 11.8. The van der Waals surface area contributed by atoms with Gasteiger partial charge in [0, 0.05) is 57.0 Å². The molecule has 0 saturated heterocycles. The maximum absolute atomic E-state index is 5.10. The fraction of sp³-hybridized carbons (Fsp3) is 0. The Morgan fingerprint density at radius 1 is 0.320 bits per heavy atom. The summed E-state index contributed by atoms with van der Waals surface area (Å²) in [5.41, 5.74) is 7.62. The highest BCUT2D eigenvalue weighted by Gasteiger charge is 2.16. The predicted octanol–water partition coefficient (Wildman–Crippen LogP) is 12.9. The number of fused-ring (bicyclic) bond motifs is 6. The van der Waals surface area contributed by atoms with Crippen LogP contribution in [0.2, 0.25) is 0 Å². The Labute approximate surface area is 296 Å². The van der Waals surface area contributed by atoms with Gasteiger partial charge in [0.15, 0.2) is 17.5 Å². The van der Waals surface area contributed by atoms with E-state index in [1.807, 2.05) is 40.9 Å². The van der Waals surface area contributed by atoms with Crippen molar-refractivity contribution < 1.29 is 0 Å². The summed E-state index contributed by atoms with van der Waals surface area (Å²) in [4.78, 5) is 15.1. The largest absolute Gasteiger partial charge is 0.208 e. The molecule has 0 unspecified atom stereocenters. The number of benzene rings is 7. The van der Waals surface area contributed by atoms with Crippen LogP contribution in [0.25, 0.3) is 96.8 Å². The Kier molecular flexibility index (Phi) is 6.86. The lowest BCUT2D eigenvalue weighted by Gasteiger charge is -2.11. The quantitative estimate of drug-likeness (QED) is 0.182. The van der Waals surface area contributed by atoms with Gasteiger partial charge in [0.25, 0.3) is 0 Å². The summed E-state index contributed by atoms with van der Waals surface area (Å²) in [6.07, 6.45) is 0. The molecule has 0 aliphatic carbocycles. The molecule has 0 fully saturated rings. The van der Waals surface area contributed by atoms with Gasteiger partial charge in [-0.2, -0.15) is 0 Å². The number of aromatic nitrogens is 3. The van der Waals surface area contributed by atoms with Gasteiger partial charge < -0.3 is 0 Å². The molecule has 3 heterocycles. The van der Waals surface area contributed by atoms with Crippen LogP contribution in [0.5, 0.6) is 0 Å². The molecule has 10 rings (SSSR count). The van der Waals surface area contributed by atoms with Crippen LogP contribution in [-0.4, -0.2) is 15.0 Å². The van der Waals surface area contributed by atoms with Crippen molar-refractivity contribution in [3.63, 3.8) is 0 Å². The Bertz CT molecular complexity index is 2870. The van der Waals surface area contributed by atoms with Gasteiger partial charge in [-0.25, -0.2) is 15.0 Å². The van der Waals surface area contributed by atoms with Gasteiger partial charge in [-0.1, -0.05) is 140 Å². The molecule has 0 aliphatic rings. The minimum atomic E-state index is 0.650. The maximum atomic E-state index is 5.10. The lowest BCUT2D eigenvalue weighted by molar-refractivity contribution is 1.07. The van der Waals surface area contributed by atoms with E-state index in [0.29, 0.717) is 17.5 Å². The third kappa shape index (κ3) is 4.90. The van der Waals surface area contributed by atoms with Crippen LogP contribution in [0.1, 0.15) is 0 Å². The van der Waals surface area contributed by atoms with E-state index in [0.717, 1.165) is 22.3 Å². The second-order valence-electron chi connectivity index (χ2n) is 12.4.